The first-order valence-corrected chi connectivity index (χ1v) is 22.5. The van der Waals surface area contributed by atoms with Gasteiger partial charge in [0.2, 0.25) is 5.91 Å². The predicted octanol–water partition coefficient (Wildman–Crippen LogP) is 12.6. The highest BCUT2D eigenvalue weighted by atomic mass is 32.2. The van der Waals surface area contributed by atoms with E-state index >= 15 is 0 Å². The number of aliphatic hydroxyl groups excluding tert-OH is 1. The molecule has 0 aliphatic rings. The lowest BCUT2D eigenvalue weighted by molar-refractivity contribution is -0.122. The second-order valence-electron chi connectivity index (χ2n) is 13.9. The van der Waals surface area contributed by atoms with Crippen LogP contribution in [0.1, 0.15) is 168 Å². The fourth-order valence-electron chi connectivity index (χ4n) is 5.64. The average Bonchev–Trinajstić information content (AvgIpc) is 3.12. The van der Waals surface area contributed by atoms with Gasteiger partial charge in [0.05, 0.1) is 17.9 Å². The Morgan fingerprint density at radius 1 is 0.528 bits per heavy atom. The summed E-state index contributed by atoms with van der Waals surface area (Å²) in [6.07, 6.45) is 58.2. The van der Waals surface area contributed by atoms with E-state index in [4.69, 9.17) is 0 Å². The molecule has 0 heterocycles. The minimum atomic E-state index is -4.38. The summed E-state index contributed by atoms with van der Waals surface area (Å²) in [5.74, 6) is -1.07. The summed E-state index contributed by atoms with van der Waals surface area (Å²) < 4.78 is 32.5. The second-order valence-corrected chi connectivity index (χ2v) is 15.4. The van der Waals surface area contributed by atoms with E-state index in [1.165, 1.54) is 76.7 Å². The minimum Gasteiger partial charge on any atom is -0.387 e. The summed E-state index contributed by atoms with van der Waals surface area (Å²) >= 11 is 0. The highest BCUT2D eigenvalue weighted by Crippen LogP contribution is 2.12. The average molecular weight is 756 g/mol. The Kier molecular flexibility index (Phi) is 37.0. The first kappa shape index (κ1) is 50.3. The van der Waals surface area contributed by atoms with Crippen LogP contribution in [0.4, 0.5) is 0 Å². The molecule has 3 N–H and O–H groups in total. The van der Waals surface area contributed by atoms with E-state index in [1.807, 2.05) is 0 Å². The molecular weight excluding hydrogens is 679 g/mol. The van der Waals surface area contributed by atoms with E-state index in [0.29, 0.717) is 12.8 Å². The van der Waals surface area contributed by atoms with Gasteiger partial charge in [0.25, 0.3) is 10.1 Å². The lowest BCUT2D eigenvalue weighted by atomic mass is 10.1. The zero-order valence-electron chi connectivity index (χ0n) is 33.6. The molecule has 53 heavy (non-hydrogen) atoms. The highest BCUT2D eigenvalue weighted by molar-refractivity contribution is 7.85. The first-order valence-electron chi connectivity index (χ1n) is 20.9. The molecule has 0 rings (SSSR count). The topological polar surface area (TPSA) is 104 Å². The molecule has 2 unspecified atom stereocenters. The maximum absolute atomic E-state index is 12.5. The molecule has 0 aromatic heterocycles. The Hall–Kier alpha value is -2.74. The Balaban J connectivity index is 4.09. The molecule has 0 radical (unpaired) electrons. The summed E-state index contributed by atoms with van der Waals surface area (Å²) in [5.41, 5.74) is 0. The maximum atomic E-state index is 12.5. The largest absolute Gasteiger partial charge is 0.387 e. The molecule has 0 saturated heterocycles. The van der Waals surface area contributed by atoms with Crippen molar-refractivity contribution in [2.24, 2.45) is 0 Å². The Labute approximate surface area is 326 Å². The number of aliphatic hydroxyl groups is 1. The van der Waals surface area contributed by atoms with Gasteiger partial charge in [-0.2, -0.15) is 8.42 Å². The van der Waals surface area contributed by atoms with E-state index in [9.17, 15) is 22.9 Å². The molecular formula is C46H77NO5S. The van der Waals surface area contributed by atoms with Crippen LogP contribution in [-0.2, 0) is 14.9 Å². The van der Waals surface area contributed by atoms with Crippen molar-refractivity contribution in [2.75, 3.05) is 5.75 Å². The summed E-state index contributed by atoms with van der Waals surface area (Å²) in [4.78, 5) is 12.5. The van der Waals surface area contributed by atoms with Gasteiger partial charge in [0.1, 0.15) is 0 Å². The van der Waals surface area contributed by atoms with Crippen molar-refractivity contribution in [2.45, 2.75) is 180 Å². The van der Waals surface area contributed by atoms with E-state index in [1.54, 1.807) is 6.08 Å². The van der Waals surface area contributed by atoms with Crippen molar-refractivity contribution in [1.82, 2.24) is 5.32 Å². The Morgan fingerprint density at radius 3 is 1.42 bits per heavy atom. The quantitative estimate of drug-likeness (QED) is 0.0335. The van der Waals surface area contributed by atoms with E-state index in [0.717, 1.165) is 64.2 Å². The van der Waals surface area contributed by atoms with Crippen LogP contribution in [0.3, 0.4) is 0 Å². The molecule has 0 spiro atoms. The number of nitrogens with one attached hydrogen (secondary N) is 1. The zero-order chi connectivity index (χ0) is 38.9. The molecule has 6 nitrogen and oxygen atoms in total. The molecule has 7 heteroatoms. The third-order valence-corrected chi connectivity index (χ3v) is 9.52. The number of allylic oxidation sites excluding steroid dienone is 15. The zero-order valence-corrected chi connectivity index (χ0v) is 34.4. The molecule has 302 valence electrons. The molecule has 2 atom stereocenters. The molecule has 0 aliphatic carbocycles. The molecule has 0 aliphatic heterocycles. The van der Waals surface area contributed by atoms with Crippen molar-refractivity contribution >= 4 is 16.0 Å². The monoisotopic (exact) mass is 756 g/mol. The smallest absolute Gasteiger partial charge is 0.267 e. The van der Waals surface area contributed by atoms with Gasteiger partial charge >= 0.3 is 0 Å². The fourth-order valence-corrected chi connectivity index (χ4v) is 6.38. The number of carbonyl (C=O) groups is 1. The molecule has 0 bridgehead atoms. The van der Waals surface area contributed by atoms with Crippen LogP contribution in [0.2, 0.25) is 0 Å². The summed E-state index contributed by atoms with van der Waals surface area (Å²) in [5, 5.41) is 13.2. The van der Waals surface area contributed by atoms with Crippen LogP contribution in [0.25, 0.3) is 0 Å². The number of hydrogen-bond donors (Lipinski definition) is 3. The van der Waals surface area contributed by atoms with Crippen LogP contribution in [-0.4, -0.2) is 41.9 Å². The van der Waals surface area contributed by atoms with Gasteiger partial charge in [-0.25, -0.2) is 0 Å². The fraction of sp³-hybridized carbons (Fsp3) is 0.630. The molecule has 1 amide bonds. The van der Waals surface area contributed by atoms with E-state index < -0.39 is 28.0 Å². The predicted molar refractivity (Wildman–Crippen MR) is 230 cm³/mol. The van der Waals surface area contributed by atoms with Gasteiger partial charge in [-0.3, -0.25) is 9.35 Å². The van der Waals surface area contributed by atoms with Gasteiger partial charge < -0.3 is 10.4 Å². The molecule has 0 fully saturated rings. The van der Waals surface area contributed by atoms with Gasteiger partial charge in [-0.05, 0) is 83.5 Å². The van der Waals surface area contributed by atoms with Crippen molar-refractivity contribution in [3.8, 4) is 0 Å². The number of rotatable bonds is 36. The van der Waals surface area contributed by atoms with Crippen molar-refractivity contribution in [1.29, 1.82) is 0 Å². The first-order chi connectivity index (χ1) is 25.8. The van der Waals surface area contributed by atoms with Crippen LogP contribution < -0.4 is 5.32 Å². The molecule has 0 aromatic carbocycles. The number of hydrogen-bond acceptors (Lipinski definition) is 4. The third-order valence-electron chi connectivity index (χ3n) is 8.74. The maximum Gasteiger partial charge on any atom is 0.267 e. The van der Waals surface area contributed by atoms with Crippen LogP contribution >= 0.6 is 0 Å². The molecule has 0 aromatic rings. The minimum absolute atomic E-state index is 0.227. The Bertz CT molecular complexity index is 1190. The standard InChI is InChI=1S/C46H77NO5S/c1-3-5-7-9-11-13-15-17-19-21-22-23-24-26-28-30-32-34-36-38-40-42-46(49)47-44(43-53(50,51)52)45(48)41-39-37-35-33-31-29-27-25-20-18-16-14-12-10-8-6-4-2/h5,7,11,13,17,19,22-23,26,28,31-34,39,41,44-45,48H,3-4,6,8-10,12,14-16,18,20-21,24-25,27,29-30,35-38,40,42-43H2,1-2H3,(H,47,49)(H,50,51,52)/b7-5-,13-11-,19-17-,23-22-,28-26-,33-31+,34-32-,41-39+. The summed E-state index contributed by atoms with van der Waals surface area (Å²) in [7, 11) is -4.38. The number of amides is 1. The van der Waals surface area contributed by atoms with Gasteiger partial charge in [-0.15, -0.1) is 0 Å². The number of unbranched alkanes of at least 4 members (excludes halogenated alkanes) is 14. The number of carbonyl (C=O) groups excluding carboxylic acids is 1. The lowest BCUT2D eigenvalue weighted by Gasteiger charge is -2.21. The summed E-state index contributed by atoms with van der Waals surface area (Å²) in [6, 6.07) is -1.10. The lowest BCUT2D eigenvalue weighted by Crippen LogP contribution is -2.46. The van der Waals surface area contributed by atoms with Gasteiger partial charge in [0, 0.05) is 6.42 Å². The van der Waals surface area contributed by atoms with Crippen LogP contribution in [0, 0.1) is 0 Å². The van der Waals surface area contributed by atoms with Gasteiger partial charge in [-0.1, -0.05) is 175 Å². The van der Waals surface area contributed by atoms with Gasteiger partial charge in [0.15, 0.2) is 0 Å². The van der Waals surface area contributed by atoms with Crippen molar-refractivity contribution in [3.63, 3.8) is 0 Å². The summed E-state index contributed by atoms with van der Waals surface area (Å²) in [6.45, 7) is 4.40. The SMILES string of the molecule is CC/C=C\C/C=C\C/C=C\C/C=C\C/C=C\C/C=C\CCCCC(=O)NC(CS(=O)(=O)O)C(O)/C=C/CC/C=C/CCCCCCCCCCCCC. The third kappa shape index (κ3) is 40.3. The highest BCUT2D eigenvalue weighted by Gasteiger charge is 2.24. The van der Waals surface area contributed by atoms with E-state index in [-0.39, 0.29) is 12.3 Å². The van der Waals surface area contributed by atoms with Crippen molar-refractivity contribution in [3.05, 3.63) is 97.2 Å². The van der Waals surface area contributed by atoms with Crippen LogP contribution in [0.5, 0.6) is 0 Å². The Morgan fingerprint density at radius 2 is 0.925 bits per heavy atom. The normalized spacial score (nSPS) is 14.3. The van der Waals surface area contributed by atoms with Crippen LogP contribution in [0.15, 0.2) is 97.2 Å². The van der Waals surface area contributed by atoms with Crippen molar-refractivity contribution < 1.29 is 22.9 Å². The molecule has 0 saturated carbocycles. The second kappa shape index (κ2) is 39.0. The van der Waals surface area contributed by atoms with E-state index in [2.05, 4.69) is 104 Å².